The van der Waals surface area contributed by atoms with E-state index < -0.39 is 11.7 Å². The lowest BCUT2D eigenvalue weighted by Crippen LogP contribution is -2.27. The van der Waals surface area contributed by atoms with E-state index >= 15 is 0 Å². The number of benzene rings is 2. The lowest BCUT2D eigenvalue weighted by Gasteiger charge is -2.17. The Morgan fingerprint density at radius 1 is 1.17 bits per heavy atom. The van der Waals surface area contributed by atoms with Gasteiger partial charge >= 0.3 is 0 Å². The first-order valence-electron chi connectivity index (χ1n) is 5.38. The maximum absolute atomic E-state index is 13.6. The number of anilines is 1. The average molecular weight is 264 g/mol. The maximum Gasteiger partial charge on any atom is 0.261 e. The Morgan fingerprint density at radius 3 is 2.50 bits per heavy atom. The van der Waals surface area contributed by atoms with Gasteiger partial charge in [0.2, 0.25) is 0 Å². The van der Waals surface area contributed by atoms with Crippen molar-refractivity contribution < 1.29 is 9.18 Å². The molecule has 0 radical (unpaired) electrons. The van der Waals surface area contributed by atoms with Crippen LogP contribution in [0.1, 0.15) is 10.4 Å². The summed E-state index contributed by atoms with van der Waals surface area (Å²) in [6.07, 6.45) is 0. The van der Waals surface area contributed by atoms with Gasteiger partial charge in [-0.25, -0.2) is 4.39 Å². The summed E-state index contributed by atoms with van der Waals surface area (Å²) in [7, 11) is 1.60. The van der Waals surface area contributed by atoms with Gasteiger partial charge in [-0.3, -0.25) is 4.79 Å². The van der Waals surface area contributed by atoms with E-state index in [1.165, 1.54) is 23.1 Å². The average Bonchev–Trinajstić information content (AvgIpc) is 2.41. The quantitative estimate of drug-likeness (QED) is 0.808. The van der Waals surface area contributed by atoms with Crippen molar-refractivity contribution in [2.75, 3.05) is 11.9 Å². The molecule has 0 aliphatic heterocycles. The summed E-state index contributed by atoms with van der Waals surface area (Å²) in [6, 6.07) is 13.0. The van der Waals surface area contributed by atoms with Crippen molar-refractivity contribution in [2.24, 2.45) is 0 Å². The summed E-state index contributed by atoms with van der Waals surface area (Å²) in [5.74, 6) is -1.01. The van der Waals surface area contributed by atoms with Crippen LogP contribution in [0.4, 0.5) is 10.1 Å². The molecule has 0 saturated heterocycles. The van der Waals surface area contributed by atoms with E-state index in [4.69, 9.17) is 11.6 Å². The van der Waals surface area contributed by atoms with Gasteiger partial charge in [-0.05, 0) is 30.3 Å². The monoisotopic (exact) mass is 263 g/mol. The predicted octanol–water partition coefficient (Wildman–Crippen LogP) is 3.76. The van der Waals surface area contributed by atoms with Gasteiger partial charge in [-0.1, -0.05) is 29.8 Å². The van der Waals surface area contributed by atoms with Crippen LogP contribution in [0.2, 0.25) is 5.02 Å². The topological polar surface area (TPSA) is 20.3 Å². The highest BCUT2D eigenvalue weighted by Crippen LogP contribution is 2.19. The first-order chi connectivity index (χ1) is 8.59. The minimum Gasteiger partial charge on any atom is -0.311 e. The molecule has 18 heavy (non-hydrogen) atoms. The van der Waals surface area contributed by atoms with E-state index in [2.05, 4.69) is 0 Å². The van der Waals surface area contributed by atoms with Crippen LogP contribution >= 0.6 is 11.6 Å². The van der Waals surface area contributed by atoms with Crippen LogP contribution in [0.25, 0.3) is 0 Å². The van der Waals surface area contributed by atoms with Crippen LogP contribution in [0.3, 0.4) is 0 Å². The number of carbonyl (C=O) groups excluding carboxylic acids is 1. The molecule has 0 aliphatic carbocycles. The van der Waals surface area contributed by atoms with E-state index in [9.17, 15) is 9.18 Å². The number of carbonyl (C=O) groups is 1. The molecule has 0 bridgehead atoms. The third-order valence-electron chi connectivity index (χ3n) is 2.61. The Hall–Kier alpha value is -1.87. The first kappa shape index (κ1) is 12.6. The Balaban J connectivity index is 2.34. The number of hydrogen-bond acceptors (Lipinski definition) is 1. The van der Waals surface area contributed by atoms with Gasteiger partial charge < -0.3 is 4.90 Å². The molecule has 2 aromatic rings. The molecule has 0 atom stereocenters. The summed E-state index contributed by atoms with van der Waals surface area (Å²) >= 11 is 5.77. The largest absolute Gasteiger partial charge is 0.311 e. The van der Waals surface area contributed by atoms with Gasteiger partial charge in [-0.2, -0.15) is 0 Å². The van der Waals surface area contributed by atoms with Crippen molar-refractivity contribution in [2.45, 2.75) is 0 Å². The smallest absolute Gasteiger partial charge is 0.261 e. The SMILES string of the molecule is CN(C(=O)c1cc(Cl)ccc1F)c1ccccc1. The van der Waals surface area contributed by atoms with Gasteiger partial charge in [0.25, 0.3) is 5.91 Å². The van der Waals surface area contributed by atoms with Crippen molar-refractivity contribution in [1.82, 2.24) is 0 Å². The molecular formula is C14H11ClFNO. The number of para-hydroxylation sites is 1. The molecule has 0 unspecified atom stereocenters. The Bertz CT molecular complexity index is 571. The zero-order valence-corrected chi connectivity index (χ0v) is 10.5. The molecule has 1 amide bonds. The van der Waals surface area contributed by atoms with Crippen molar-refractivity contribution in [1.29, 1.82) is 0 Å². The molecule has 0 saturated carbocycles. The summed E-state index contributed by atoms with van der Waals surface area (Å²) in [4.78, 5) is 13.5. The normalized spacial score (nSPS) is 10.2. The number of amides is 1. The summed E-state index contributed by atoms with van der Waals surface area (Å²) in [5.41, 5.74) is 0.663. The van der Waals surface area contributed by atoms with Gasteiger partial charge in [0.05, 0.1) is 5.56 Å². The third-order valence-corrected chi connectivity index (χ3v) is 2.84. The standard InChI is InChI=1S/C14H11ClFNO/c1-17(11-5-3-2-4-6-11)14(18)12-9-10(15)7-8-13(12)16/h2-9H,1H3. The van der Waals surface area contributed by atoms with Crippen LogP contribution in [0.15, 0.2) is 48.5 Å². The molecule has 4 heteroatoms. The van der Waals surface area contributed by atoms with E-state index in [1.54, 1.807) is 19.2 Å². The molecule has 92 valence electrons. The zero-order valence-electron chi connectivity index (χ0n) is 9.73. The van der Waals surface area contributed by atoms with Crippen molar-refractivity contribution in [3.8, 4) is 0 Å². The predicted molar refractivity (Wildman–Crippen MR) is 70.6 cm³/mol. The molecule has 2 rings (SSSR count). The lowest BCUT2D eigenvalue weighted by molar-refractivity contribution is 0.0989. The third kappa shape index (κ3) is 2.51. The fourth-order valence-corrected chi connectivity index (χ4v) is 1.78. The first-order valence-corrected chi connectivity index (χ1v) is 5.75. The number of halogens is 2. The zero-order chi connectivity index (χ0) is 13.1. The molecule has 0 aromatic heterocycles. The van der Waals surface area contributed by atoms with E-state index in [0.717, 1.165) is 0 Å². The van der Waals surface area contributed by atoms with E-state index in [1.807, 2.05) is 18.2 Å². The Kier molecular flexibility index (Phi) is 3.63. The lowest BCUT2D eigenvalue weighted by atomic mass is 10.1. The Morgan fingerprint density at radius 2 is 1.83 bits per heavy atom. The van der Waals surface area contributed by atoms with Gasteiger partial charge in [-0.15, -0.1) is 0 Å². The van der Waals surface area contributed by atoms with Crippen molar-refractivity contribution in [3.63, 3.8) is 0 Å². The van der Waals surface area contributed by atoms with Crippen LogP contribution in [0.5, 0.6) is 0 Å². The fourth-order valence-electron chi connectivity index (χ4n) is 1.61. The minimum absolute atomic E-state index is 0.0335. The fraction of sp³-hybridized carbons (Fsp3) is 0.0714. The molecule has 0 aliphatic rings. The summed E-state index contributed by atoms with van der Waals surface area (Å²) in [5, 5.41) is 0.334. The second kappa shape index (κ2) is 5.19. The van der Waals surface area contributed by atoms with E-state index in [-0.39, 0.29) is 5.56 Å². The highest BCUT2D eigenvalue weighted by molar-refractivity contribution is 6.31. The van der Waals surface area contributed by atoms with Crippen LogP contribution in [-0.2, 0) is 0 Å². The summed E-state index contributed by atoms with van der Waals surface area (Å²) < 4.78 is 13.6. The van der Waals surface area contributed by atoms with Gasteiger partial charge in [0, 0.05) is 17.8 Å². The van der Waals surface area contributed by atoms with Gasteiger partial charge in [0.15, 0.2) is 0 Å². The number of rotatable bonds is 2. The van der Waals surface area contributed by atoms with Crippen LogP contribution in [-0.4, -0.2) is 13.0 Å². The molecule has 0 fully saturated rings. The van der Waals surface area contributed by atoms with Crippen LogP contribution in [0, 0.1) is 5.82 Å². The number of nitrogens with zero attached hydrogens (tertiary/aromatic N) is 1. The second-order valence-electron chi connectivity index (χ2n) is 3.82. The second-order valence-corrected chi connectivity index (χ2v) is 4.26. The highest BCUT2D eigenvalue weighted by Gasteiger charge is 2.17. The molecule has 2 nitrogen and oxygen atoms in total. The molecular weight excluding hydrogens is 253 g/mol. The molecule has 0 N–H and O–H groups in total. The Labute approximate surface area is 110 Å². The summed E-state index contributed by atoms with van der Waals surface area (Å²) in [6.45, 7) is 0. The van der Waals surface area contributed by atoms with Crippen LogP contribution < -0.4 is 4.90 Å². The molecule has 0 spiro atoms. The van der Waals surface area contributed by atoms with E-state index in [0.29, 0.717) is 10.7 Å². The maximum atomic E-state index is 13.6. The van der Waals surface area contributed by atoms with Crippen molar-refractivity contribution >= 4 is 23.2 Å². The molecule has 0 heterocycles. The van der Waals surface area contributed by atoms with Gasteiger partial charge in [0.1, 0.15) is 5.82 Å². The molecule has 2 aromatic carbocycles. The number of hydrogen-bond donors (Lipinski definition) is 0. The highest BCUT2D eigenvalue weighted by atomic mass is 35.5. The van der Waals surface area contributed by atoms with Crippen molar-refractivity contribution in [3.05, 3.63) is 64.9 Å². The minimum atomic E-state index is -0.577.